The van der Waals surface area contributed by atoms with E-state index in [9.17, 15) is 0 Å². The fourth-order valence-corrected chi connectivity index (χ4v) is 5.98. The number of hydrogen-bond acceptors (Lipinski definition) is 3. The molecule has 2 aromatic carbocycles. The van der Waals surface area contributed by atoms with Gasteiger partial charge >= 0.3 is 0 Å². The van der Waals surface area contributed by atoms with Crippen molar-refractivity contribution in [3.05, 3.63) is 59.2 Å². The van der Waals surface area contributed by atoms with Gasteiger partial charge in [-0.05, 0) is 87.3 Å². The van der Waals surface area contributed by atoms with Crippen LogP contribution in [0.2, 0.25) is 0 Å². The van der Waals surface area contributed by atoms with E-state index >= 15 is 0 Å². The molecule has 1 aliphatic heterocycles. The second kappa shape index (κ2) is 10.1. The van der Waals surface area contributed by atoms with Crippen molar-refractivity contribution in [3.8, 4) is 0 Å². The number of aryl methyl sites for hydroxylation is 3. The Kier molecular flexibility index (Phi) is 8.04. The van der Waals surface area contributed by atoms with Crippen molar-refractivity contribution in [3.63, 3.8) is 0 Å². The van der Waals surface area contributed by atoms with Gasteiger partial charge in [0.25, 0.3) is 0 Å². The van der Waals surface area contributed by atoms with E-state index in [1.165, 1.54) is 35.2 Å². The van der Waals surface area contributed by atoms with Crippen LogP contribution in [0.1, 0.15) is 63.1 Å². The van der Waals surface area contributed by atoms with Gasteiger partial charge in [-0.1, -0.05) is 68.4 Å². The maximum absolute atomic E-state index is 5.29. The normalized spacial score (nSPS) is 24.2. The molecule has 178 valence electrons. The lowest BCUT2D eigenvalue weighted by Gasteiger charge is -2.47. The molecule has 4 rings (SSSR count). The van der Waals surface area contributed by atoms with Gasteiger partial charge in [-0.15, -0.1) is 24.0 Å². The molecule has 5 heteroatoms. The van der Waals surface area contributed by atoms with Gasteiger partial charge in [0.1, 0.15) is 5.54 Å². The van der Waals surface area contributed by atoms with E-state index in [1.807, 2.05) is 0 Å². The van der Waals surface area contributed by atoms with Gasteiger partial charge in [0, 0.05) is 5.69 Å². The number of para-hydroxylation sites is 1. The van der Waals surface area contributed by atoms with Crippen LogP contribution >= 0.6 is 35.7 Å². The van der Waals surface area contributed by atoms with Crippen LogP contribution in [0, 0.1) is 32.1 Å². The number of amidine groups is 2. The van der Waals surface area contributed by atoms with Crippen molar-refractivity contribution in [2.45, 2.75) is 72.8 Å². The van der Waals surface area contributed by atoms with E-state index in [4.69, 9.17) is 9.98 Å². The molecular weight excluding hydrogens is 537 g/mol. The van der Waals surface area contributed by atoms with Crippen LogP contribution in [0.4, 0.5) is 11.4 Å². The zero-order chi connectivity index (χ0) is 23.1. The summed E-state index contributed by atoms with van der Waals surface area (Å²) in [5.41, 5.74) is 6.17. The van der Waals surface area contributed by atoms with Crippen LogP contribution in [0.3, 0.4) is 0 Å². The Labute approximate surface area is 221 Å². The van der Waals surface area contributed by atoms with E-state index in [1.54, 1.807) is 11.8 Å². The predicted octanol–water partition coefficient (Wildman–Crippen LogP) is 8.47. The van der Waals surface area contributed by atoms with Crippen molar-refractivity contribution in [2.24, 2.45) is 21.3 Å². The van der Waals surface area contributed by atoms with Gasteiger partial charge in [-0.25, -0.2) is 9.98 Å². The summed E-state index contributed by atoms with van der Waals surface area (Å²) < 4.78 is 0. The summed E-state index contributed by atoms with van der Waals surface area (Å²) in [6, 6.07) is 15.3. The van der Waals surface area contributed by atoms with Crippen molar-refractivity contribution < 1.29 is 0 Å². The molecule has 1 aliphatic carbocycles. The Balaban J connectivity index is 0.00000306. The van der Waals surface area contributed by atoms with Crippen molar-refractivity contribution >= 4 is 58.1 Å². The summed E-state index contributed by atoms with van der Waals surface area (Å²) >= 11 is 1.73. The minimum Gasteiger partial charge on any atom is -0.307 e. The van der Waals surface area contributed by atoms with Crippen LogP contribution in [0.5, 0.6) is 0 Å². The first kappa shape index (κ1) is 26.3. The minimum absolute atomic E-state index is 0. The number of aliphatic imine (C=N–C) groups is 2. The SMILES string of the molecule is CSC1=NC(=Nc2c(C)cccc2C)C2(CCC(C(C)(C)C)CC2)N1c1ccc(C)cc1.I. The first-order valence-electron chi connectivity index (χ1n) is 11.8. The highest BCUT2D eigenvalue weighted by atomic mass is 127. The molecule has 0 radical (unpaired) electrons. The van der Waals surface area contributed by atoms with Crippen LogP contribution in [-0.4, -0.2) is 22.8 Å². The number of anilines is 1. The van der Waals surface area contributed by atoms with Gasteiger partial charge in [-0.2, -0.15) is 0 Å². The largest absolute Gasteiger partial charge is 0.307 e. The molecular formula is C28H38IN3S. The van der Waals surface area contributed by atoms with Gasteiger partial charge in [-0.3, -0.25) is 0 Å². The maximum Gasteiger partial charge on any atom is 0.170 e. The number of thioether (sulfide) groups is 1. The van der Waals surface area contributed by atoms with E-state index in [-0.39, 0.29) is 29.5 Å². The summed E-state index contributed by atoms with van der Waals surface area (Å²) in [5.74, 6) is 1.72. The Morgan fingerprint density at radius 1 is 0.970 bits per heavy atom. The lowest BCUT2D eigenvalue weighted by Crippen LogP contribution is -2.54. The number of rotatable bonds is 2. The average Bonchev–Trinajstić information content (AvgIpc) is 3.04. The quantitative estimate of drug-likeness (QED) is 0.336. The molecule has 2 aliphatic rings. The fourth-order valence-electron chi connectivity index (χ4n) is 5.34. The lowest BCUT2D eigenvalue weighted by atomic mass is 9.66. The smallest absolute Gasteiger partial charge is 0.170 e. The topological polar surface area (TPSA) is 28.0 Å². The fraction of sp³-hybridized carbons (Fsp3) is 0.500. The summed E-state index contributed by atoms with van der Waals surface area (Å²) in [6.45, 7) is 13.6. The zero-order valence-electron chi connectivity index (χ0n) is 21.1. The van der Waals surface area contributed by atoms with E-state index in [0.29, 0.717) is 5.41 Å². The zero-order valence-corrected chi connectivity index (χ0v) is 24.3. The Bertz CT molecular complexity index is 1020. The maximum atomic E-state index is 5.29. The van der Waals surface area contributed by atoms with Gasteiger partial charge < -0.3 is 4.90 Å². The van der Waals surface area contributed by atoms with Crippen LogP contribution in [-0.2, 0) is 0 Å². The molecule has 0 bridgehead atoms. The molecule has 0 unspecified atom stereocenters. The summed E-state index contributed by atoms with van der Waals surface area (Å²) in [6.07, 6.45) is 6.71. The molecule has 3 nitrogen and oxygen atoms in total. The molecule has 1 saturated carbocycles. The van der Waals surface area contributed by atoms with E-state index in [0.717, 1.165) is 35.5 Å². The minimum atomic E-state index is -0.177. The second-order valence-electron chi connectivity index (χ2n) is 10.6. The Morgan fingerprint density at radius 3 is 2.06 bits per heavy atom. The van der Waals surface area contributed by atoms with E-state index in [2.05, 4.69) is 95.2 Å². The monoisotopic (exact) mass is 575 g/mol. The Morgan fingerprint density at radius 2 is 1.55 bits per heavy atom. The predicted molar refractivity (Wildman–Crippen MR) is 157 cm³/mol. The third-order valence-corrected chi connectivity index (χ3v) is 8.05. The summed E-state index contributed by atoms with van der Waals surface area (Å²) in [5, 5.41) is 1.06. The molecule has 1 spiro atoms. The van der Waals surface area contributed by atoms with Crippen molar-refractivity contribution in [2.75, 3.05) is 11.2 Å². The average molecular weight is 576 g/mol. The highest BCUT2D eigenvalue weighted by Gasteiger charge is 2.52. The highest BCUT2D eigenvalue weighted by Crippen LogP contribution is 2.49. The molecule has 2 aromatic rings. The Hall–Kier alpha value is -1.34. The second-order valence-corrected chi connectivity index (χ2v) is 11.4. The summed E-state index contributed by atoms with van der Waals surface area (Å²) in [7, 11) is 0. The molecule has 0 amide bonds. The van der Waals surface area contributed by atoms with Crippen LogP contribution in [0.25, 0.3) is 0 Å². The number of benzene rings is 2. The van der Waals surface area contributed by atoms with Crippen LogP contribution < -0.4 is 4.90 Å². The van der Waals surface area contributed by atoms with Gasteiger partial charge in [0.15, 0.2) is 11.0 Å². The van der Waals surface area contributed by atoms with Crippen molar-refractivity contribution in [1.29, 1.82) is 0 Å². The molecule has 0 N–H and O–H groups in total. The van der Waals surface area contributed by atoms with Crippen molar-refractivity contribution in [1.82, 2.24) is 0 Å². The third-order valence-electron chi connectivity index (χ3n) is 7.41. The number of nitrogens with zero attached hydrogens (tertiary/aromatic N) is 3. The highest BCUT2D eigenvalue weighted by molar-refractivity contribution is 14.0. The first-order valence-corrected chi connectivity index (χ1v) is 13.0. The molecule has 0 saturated heterocycles. The first-order chi connectivity index (χ1) is 15.2. The summed E-state index contributed by atoms with van der Waals surface area (Å²) in [4.78, 5) is 13.0. The van der Waals surface area contributed by atoms with Gasteiger partial charge in [0.2, 0.25) is 0 Å². The standard InChI is InChI=1S/C28H37N3S.HI/c1-19-11-13-23(14-12-19)31-26(32-7)30-25(29-24-20(2)9-8-10-21(24)3)28(31)17-15-22(16-18-28)27(4,5)6;/h8-14,22H,15-18H2,1-7H3;1H. The van der Waals surface area contributed by atoms with Gasteiger partial charge in [0.05, 0.1) is 5.69 Å². The molecule has 0 atom stereocenters. The number of hydrogen-bond donors (Lipinski definition) is 0. The van der Waals surface area contributed by atoms with E-state index < -0.39 is 0 Å². The third kappa shape index (κ3) is 5.04. The molecule has 0 aromatic heterocycles. The van der Waals surface area contributed by atoms with Crippen LogP contribution in [0.15, 0.2) is 52.4 Å². The molecule has 1 heterocycles. The molecule has 1 fully saturated rings. The molecule has 33 heavy (non-hydrogen) atoms. The number of halogens is 1. The lowest BCUT2D eigenvalue weighted by molar-refractivity contribution is 0.158.